The Labute approximate surface area is 110 Å². The second-order valence-electron chi connectivity index (χ2n) is 3.93. The van der Waals surface area contributed by atoms with Gasteiger partial charge in [-0.1, -0.05) is 41.5 Å². The van der Waals surface area contributed by atoms with Crippen molar-refractivity contribution < 1.29 is 0 Å². The number of anilines is 1. The minimum absolute atomic E-state index is 0.481. The third-order valence-electron chi connectivity index (χ3n) is 2.56. The second-order valence-corrected chi connectivity index (χ2v) is 3.93. The molecule has 0 amide bonds. The monoisotopic (exact) mass is 252 g/mol. The Morgan fingerprint density at radius 1 is 1.00 bits per heavy atom. The zero-order valence-corrected chi connectivity index (χ0v) is 10.1. The number of pyridine rings is 1. The van der Waals surface area contributed by atoms with Gasteiger partial charge in [0, 0.05) is 12.7 Å². The van der Waals surface area contributed by atoms with Crippen molar-refractivity contribution in [3.63, 3.8) is 0 Å². The Bertz CT molecular complexity index is 635. The Hall–Kier alpha value is -2.76. The largest absolute Gasteiger partial charge is 0.348 e. The molecule has 2 aromatic heterocycles. The molecule has 2 heterocycles. The van der Waals surface area contributed by atoms with Crippen molar-refractivity contribution in [3.8, 4) is 5.82 Å². The van der Waals surface area contributed by atoms with Crippen LogP contribution < -0.4 is 5.32 Å². The van der Waals surface area contributed by atoms with Gasteiger partial charge in [0.15, 0.2) is 5.82 Å². The zero-order chi connectivity index (χ0) is 12.9. The van der Waals surface area contributed by atoms with Crippen molar-refractivity contribution in [2.24, 2.45) is 0 Å². The molecule has 0 atom stereocenters. The first-order chi connectivity index (χ1) is 9.42. The number of hydrogen-bond acceptors (Lipinski definition) is 5. The Morgan fingerprint density at radius 2 is 1.84 bits per heavy atom. The lowest BCUT2D eigenvalue weighted by molar-refractivity contribution is 0.700. The number of tetrazole rings is 1. The van der Waals surface area contributed by atoms with Gasteiger partial charge in [0.05, 0.1) is 0 Å². The maximum absolute atomic E-state index is 4.22. The first-order valence-electron chi connectivity index (χ1n) is 5.91. The molecule has 3 aromatic rings. The number of hydrogen-bond donors (Lipinski definition) is 1. The molecule has 6 nitrogen and oxygen atoms in total. The molecule has 94 valence electrons. The van der Waals surface area contributed by atoms with Crippen LogP contribution in [0.3, 0.4) is 0 Å². The Morgan fingerprint density at radius 3 is 2.63 bits per heavy atom. The van der Waals surface area contributed by atoms with Crippen molar-refractivity contribution in [2.45, 2.75) is 6.54 Å². The average Bonchev–Trinajstić information content (AvgIpc) is 2.96. The summed E-state index contributed by atoms with van der Waals surface area (Å²) in [5, 5.41) is 15.2. The van der Waals surface area contributed by atoms with Crippen molar-refractivity contribution in [2.75, 3.05) is 5.32 Å². The minimum atomic E-state index is 0.481. The van der Waals surface area contributed by atoms with Gasteiger partial charge in [-0.15, -0.1) is 9.90 Å². The van der Waals surface area contributed by atoms with Crippen molar-refractivity contribution in [1.82, 2.24) is 25.2 Å². The fourth-order valence-corrected chi connectivity index (χ4v) is 1.63. The molecule has 0 fully saturated rings. The standard InChI is InChI=1S/C13H12N6/c1-2-6-11(7-3-1)10-15-13-16-18-19(17-13)12-8-4-5-9-14-12/h1-9H,10H2,(H,15,17). The van der Waals surface area contributed by atoms with Crippen molar-refractivity contribution >= 4 is 5.95 Å². The van der Waals surface area contributed by atoms with E-state index in [0.29, 0.717) is 18.3 Å². The molecule has 19 heavy (non-hydrogen) atoms. The first-order valence-corrected chi connectivity index (χ1v) is 5.91. The predicted molar refractivity (Wildman–Crippen MR) is 70.7 cm³/mol. The van der Waals surface area contributed by atoms with Crippen LogP contribution in [0.4, 0.5) is 5.95 Å². The molecule has 0 saturated heterocycles. The maximum atomic E-state index is 4.22. The zero-order valence-electron chi connectivity index (χ0n) is 10.1. The van der Waals surface area contributed by atoms with E-state index in [-0.39, 0.29) is 0 Å². The summed E-state index contributed by atoms with van der Waals surface area (Å²) in [6.45, 7) is 0.661. The van der Waals surface area contributed by atoms with Gasteiger partial charge in [-0.3, -0.25) is 0 Å². The lowest BCUT2D eigenvalue weighted by atomic mass is 10.2. The van der Waals surface area contributed by atoms with Crippen LogP contribution >= 0.6 is 0 Å². The van der Waals surface area contributed by atoms with Gasteiger partial charge < -0.3 is 5.32 Å². The summed E-state index contributed by atoms with van der Waals surface area (Å²) in [6.07, 6.45) is 1.69. The summed E-state index contributed by atoms with van der Waals surface area (Å²) in [7, 11) is 0. The van der Waals surface area contributed by atoms with Crippen molar-refractivity contribution in [3.05, 3.63) is 60.3 Å². The molecule has 0 saturated carbocycles. The van der Waals surface area contributed by atoms with Gasteiger partial charge in [-0.05, 0) is 22.9 Å². The van der Waals surface area contributed by atoms with Crippen LogP contribution in [0.5, 0.6) is 0 Å². The highest BCUT2D eigenvalue weighted by atomic mass is 15.6. The Balaban J connectivity index is 1.69. The van der Waals surface area contributed by atoms with Crippen molar-refractivity contribution in [1.29, 1.82) is 0 Å². The molecule has 1 aromatic carbocycles. The number of nitrogens with one attached hydrogen (secondary N) is 1. The summed E-state index contributed by atoms with van der Waals surface area (Å²) in [5.74, 6) is 1.12. The molecular formula is C13H12N6. The summed E-state index contributed by atoms with van der Waals surface area (Å²) in [5.41, 5.74) is 1.16. The van der Waals surface area contributed by atoms with Gasteiger partial charge in [0.2, 0.25) is 0 Å². The van der Waals surface area contributed by atoms with E-state index in [1.54, 1.807) is 6.20 Å². The van der Waals surface area contributed by atoms with E-state index in [4.69, 9.17) is 0 Å². The summed E-state index contributed by atoms with van der Waals surface area (Å²) in [6, 6.07) is 15.6. The lowest BCUT2D eigenvalue weighted by Gasteiger charge is -2.00. The SMILES string of the molecule is c1ccc(CNc2nnn(-c3ccccn3)n2)cc1. The van der Waals surface area contributed by atoms with E-state index in [0.717, 1.165) is 5.56 Å². The number of nitrogens with zero attached hydrogens (tertiary/aromatic N) is 5. The van der Waals surface area contributed by atoms with Crippen LogP contribution in [0.25, 0.3) is 5.82 Å². The minimum Gasteiger partial charge on any atom is -0.348 e. The quantitative estimate of drug-likeness (QED) is 0.765. The molecule has 0 unspecified atom stereocenters. The van der Waals surface area contributed by atoms with Gasteiger partial charge in [-0.2, -0.15) is 0 Å². The fourth-order valence-electron chi connectivity index (χ4n) is 1.63. The number of aromatic nitrogens is 5. The van der Waals surface area contributed by atoms with Crippen LogP contribution in [-0.2, 0) is 6.54 Å². The van der Waals surface area contributed by atoms with Gasteiger partial charge in [0.1, 0.15) is 0 Å². The number of benzene rings is 1. The highest BCUT2D eigenvalue weighted by Gasteiger charge is 2.04. The molecule has 0 radical (unpaired) electrons. The van der Waals surface area contributed by atoms with Gasteiger partial charge >= 0.3 is 0 Å². The molecule has 0 aliphatic carbocycles. The molecule has 0 aliphatic heterocycles. The van der Waals surface area contributed by atoms with Crippen LogP contribution in [-0.4, -0.2) is 25.2 Å². The topological polar surface area (TPSA) is 68.5 Å². The third kappa shape index (κ3) is 2.74. The highest BCUT2D eigenvalue weighted by molar-refractivity contribution is 5.26. The second kappa shape index (κ2) is 5.26. The molecular weight excluding hydrogens is 240 g/mol. The first kappa shape index (κ1) is 11.3. The summed E-state index contributed by atoms with van der Waals surface area (Å²) < 4.78 is 0. The third-order valence-corrected chi connectivity index (χ3v) is 2.56. The normalized spacial score (nSPS) is 10.3. The molecule has 0 bridgehead atoms. The lowest BCUT2D eigenvalue weighted by Crippen LogP contribution is -2.03. The fraction of sp³-hybridized carbons (Fsp3) is 0.0769. The molecule has 0 spiro atoms. The Kier molecular flexibility index (Phi) is 3.14. The van der Waals surface area contributed by atoms with E-state index in [1.165, 1.54) is 4.80 Å². The van der Waals surface area contributed by atoms with Crippen LogP contribution in [0, 0.1) is 0 Å². The smallest absolute Gasteiger partial charge is 0.264 e. The van der Waals surface area contributed by atoms with Gasteiger partial charge in [-0.25, -0.2) is 4.98 Å². The highest BCUT2D eigenvalue weighted by Crippen LogP contribution is 2.04. The van der Waals surface area contributed by atoms with E-state index in [1.807, 2.05) is 48.5 Å². The van der Waals surface area contributed by atoms with E-state index in [2.05, 4.69) is 25.7 Å². The van der Waals surface area contributed by atoms with Crippen LogP contribution in [0.1, 0.15) is 5.56 Å². The number of rotatable bonds is 4. The maximum Gasteiger partial charge on any atom is 0.264 e. The van der Waals surface area contributed by atoms with Gasteiger partial charge in [0.25, 0.3) is 5.95 Å². The molecule has 1 N–H and O–H groups in total. The summed E-state index contributed by atoms with van der Waals surface area (Å²) in [4.78, 5) is 5.55. The van der Waals surface area contributed by atoms with E-state index >= 15 is 0 Å². The molecule has 0 aliphatic rings. The predicted octanol–water partition coefficient (Wildman–Crippen LogP) is 1.67. The summed E-state index contributed by atoms with van der Waals surface area (Å²) >= 11 is 0. The van der Waals surface area contributed by atoms with E-state index < -0.39 is 0 Å². The van der Waals surface area contributed by atoms with E-state index in [9.17, 15) is 0 Å². The molecule has 6 heteroatoms. The molecule has 3 rings (SSSR count). The van der Waals surface area contributed by atoms with Crippen LogP contribution in [0.15, 0.2) is 54.7 Å². The average molecular weight is 252 g/mol. The van der Waals surface area contributed by atoms with Crippen LogP contribution in [0.2, 0.25) is 0 Å².